The number of nitrogens with one attached hydrogen (secondary N) is 1. The lowest BCUT2D eigenvalue weighted by Crippen LogP contribution is -2.50. The number of carbonyl (C=O) groups is 2. The second-order valence-corrected chi connectivity index (χ2v) is 9.91. The van der Waals surface area contributed by atoms with E-state index in [2.05, 4.69) is 21.2 Å². The maximum atomic E-state index is 13.8. The SMILES string of the molecule is CC1(C)CC(=O)C2=C(C1)Nc1ccccc1N(C(=O)C(F)(F)F)[C@@H]2/C(Br)=C/c1ccccc1. The van der Waals surface area contributed by atoms with E-state index in [-0.39, 0.29) is 33.4 Å². The van der Waals surface area contributed by atoms with Crippen molar-refractivity contribution in [1.29, 1.82) is 0 Å². The Hall–Kier alpha value is -2.87. The monoisotopic (exact) mass is 518 g/mol. The van der Waals surface area contributed by atoms with Gasteiger partial charge in [0.05, 0.1) is 17.4 Å². The van der Waals surface area contributed by atoms with Gasteiger partial charge in [0.25, 0.3) is 0 Å². The van der Waals surface area contributed by atoms with Crippen LogP contribution in [0.3, 0.4) is 0 Å². The average Bonchev–Trinajstić information content (AvgIpc) is 2.86. The highest BCUT2D eigenvalue weighted by atomic mass is 79.9. The third-order valence-electron chi connectivity index (χ3n) is 5.73. The molecule has 1 aliphatic carbocycles. The molecule has 4 rings (SSSR count). The number of amides is 1. The first-order valence-corrected chi connectivity index (χ1v) is 11.2. The number of anilines is 2. The second-order valence-electron chi connectivity index (χ2n) is 8.99. The topological polar surface area (TPSA) is 49.4 Å². The van der Waals surface area contributed by atoms with Crippen LogP contribution in [0.15, 0.2) is 70.3 Å². The highest BCUT2D eigenvalue weighted by molar-refractivity contribution is 9.11. The summed E-state index contributed by atoms with van der Waals surface area (Å²) in [5.41, 5.74) is 1.45. The molecule has 33 heavy (non-hydrogen) atoms. The predicted octanol–water partition coefficient (Wildman–Crippen LogP) is 6.46. The summed E-state index contributed by atoms with van der Waals surface area (Å²) in [7, 11) is 0. The minimum absolute atomic E-state index is 0.0586. The fourth-order valence-corrected chi connectivity index (χ4v) is 5.09. The number of Topliss-reactive ketones (excluding diaryl/α,β-unsaturated/α-hetero) is 1. The Morgan fingerprint density at radius 1 is 1.09 bits per heavy atom. The van der Waals surface area contributed by atoms with Crippen molar-refractivity contribution in [1.82, 2.24) is 0 Å². The molecule has 0 fully saturated rings. The van der Waals surface area contributed by atoms with Crippen molar-refractivity contribution in [2.45, 2.75) is 38.9 Å². The zero-order valence-electron chi connectivity index (χ0n) is 18.0. The van der Waals surface area contributed by atoms with Crippen LogP contribution in [0.25, 0.3) is 6.08 Å². The standard InChI is InChI=1S/C25H22BrF3N2O2/c1-24(2)13-18-21(20(32)14-24)22(16(26)12-15-8-4-3-5-9-15)31(23(33)25(27,28)29)19-11-7-6-10-17(19)30-18/h3-12,22,30H,13-14H2,1-2H3/b16-12-/t22-/m1/s1. The zero-order chi connectivity index (χ0) is 24.0. The first-order valence-electron chi connectivity index (χ1n) is 10.4. The van der Waals surface area contributed by atoms with Gasteiger partial charge in [0.2, 0.25) is 0 Å². The third-order valence-corrected chi connectivity index (χ3v) is 6.39. The molecule has 172 valence electrons. The number of carbonyl (C=O) groups excluding carboxylic acids is 2. The van der Waals surface area contributed by atoms with E-state index < -0.39 is 18.1 Å². The van der Waals surface area contributed by atoms with E-state index >= 15 is 0 Å². The van der Waals surface area contributed by atoms with Crippen LogP contribution in [0.1, 0.15) is 32.3 Å². The molecule has 1 amide bonds. The van der Waals surface area contributed by atoms with Crippen molar-refractivity contribution in [3.05, 3.63) is 75.9 Å². The highest BCUT2D eigenvalue weighted by Crippen LogP contribution is 2.47. The van der Waals surface area contributed by atoms with E-state index in [0.29, 0.717) is 22.7 Å². The molecular weight excluding hydrogens is 497 g/mol. The molecule has 0 radical (unpaired) electrons. The molecule has 2 aliphatic rings. The van der Waals surface area contributed by atoms with Crippen molar-refractivity contribution in [2.24, 2.45) is 5.41 Å². The molecule has 0 bridgehead atoms. The molecule has 0 saturated carbocycles. The Bertz CT molecular complexity index is 1170. The van der Waals surface area contributed by atoms with Crippen molar-refractivity contribution < 1.29 is 22.8 Å². The third kappa shape index (κ3) is 4.62. The number of allylic oxidation sites excluding steroid dienone is 1. The molecule has 1 heterocycles. The van der Waals surface area contributed by atoms with Crippen molar-refractivity contribution in [3.8, 4) is 0 Å². The summed E-state index contributed by atoms with van der Waals surface area (Å²) in [6.45, 7) is 3.88. The molecule has 0 saturated heterocycles. The number of rotatable bonds is 2. The van der Waals surface area contributed by atoms with E-state index in [0.717, 1.165) is 5.56 Å². The lowest BCUT2D eigenvalue weighted by atomic mass is 9.74. The van der Waals surface area contributed by atoms with Crippen LogP contribution < -0.4 is 10.2 Å². The Balaban J connectivity index is 2.00. The van der Waals surface area contributed by atoms with Crippen LogP contribution in [0.2, 0.25) is 0 Å². The molecule has 1 atom stereocenters. The number of nitrogens with zero attached hydrogens (tertiary/aromatic N) is 1. The van der Waals surface area contributed by atoms with Crippen LogP contribution in [0.5, 0.6) is 0 Å². The fourth-order valence-electron chi connectivity index (χ4n) is 4.40. The quantitative estimate of drug-likeness (QED) is 0.496. The Kier molecular flexibility index (Phi) is 5.99. The minimum Gasteiger partial charge on any atom is -0.357 e. The summed E-state index contributed by atoms with van der Waals surface area (Å²) in [5, 5.41) is 3.18. The second kappa shape index (κ2) is 8.48. The van der Waals surface area contributed by atoms with Crippen molar-refractivity contribution in [3.63, 3.8) is 0 Å². The van der Waals surface area contributed by atoms with Crippen LogP contribution >= 0.6 is 15.9 Å². The number of fused-ring (bicyclic) bond motifs is 1. The zero-order valence-corrected chi connectivity index (χ0v) is 19.6. The molecule has 8 heteroatoms. The van der Waals surface area contributed by atoms with Crippen molar-refractivity contribution >= 4 is 45.1 Å². The van der Waals surface area contributed by atoms with Crippen LogP contribution in [0.4, 0.5) is 24.5 Å². The first-order chi connectivity index (χ1) is 15.5. The van der Waals surface area contributed by atoms with Gasteiger partial charge in [-0.2, -0.15) is 13.2 Å². The maximum Gasteiger partial charge on any atom is 0.471 e. The molecular formula is C25H22BrF3N2O2. The highest BCUT2D eigenvalue weighted by Gasteiger charge is 2.50. The van der Waals surface area contributed by atoms with Gasteiger partial charge in [0.1, 0.15) is 0 Å². The van der Waals surface area contributed by atoms with Gasteiger partial charge in [-0.3, -0.25) is 14.5 Å². The summed E-state index contributed by atoms with van der Waals surface area (Å²) in [5.74, 6) is -2.32. The summed E-state index contributed by atoms with van der Waals surface area (Å²) >= 11 is 3.44. The normalized spacial score (nSPS) is 20.5. The number of para-hydroxylation sites is 2. The Morgan fingerprint density at radius 2 is 1.73 bits per heavy atom. The van der Waals surface area contributed by atoms with E-state index in [1.165, 1.54) is 6.07 Å². The minimum atomic E-state index is -5.13. The molecule has 0 unspecified atom stereocenters. The van der Waals surface area contributed by atoms with Gasteiger partial charge in [-0.25, -0.2) is 0 Å². The van der Waals surface area contributed by atoms with Gasteiger partial charge < -0.3 is 5.32 Å². The number of halogens is 4. The Labute approximate surface area is 198 Å². The van der Waals surface area contributed by atoms with Crippen LogP contribution in [0, 0.1) is 5.41 Å². The maximum absolute atomic E-state index is 13.8. The number of hydrogen-bond acceptors (Lipinski definition) is 3. The molecule has 2 aromatic rings. The van der Waals surface area contributed by atoms with Crippen molar-refractivity contribution in [2.75, 3.05) is 10.2 Å². The molecule has 1 N–H and O–H groups in total. The van der Waals surface area contributed by atoms with E-state index in [1.807, 2.05) is 19.9 Å². The largest absolute Gasteiger partial charge is 0.471 e. The Morgan fingerprint density at radius 3 is 2.39 bits per heavy atom. The van der Waals surface area contributed by atoms with E-state index in [4.69, 9.17) is 0 Å². The van der Waals surface area contributed by atoms with Gasteiger partial charge in [0, 0.05) is 22.2 Å². The van der Waals surface area contributed by atoms with Gasteiger partial charge in [0.15, 0.2) is 5.78 Å². The summed E-state index contributed by atoms with van der Waals surface area (Å²) in [4.78, 5) is 26.9. The fraction of sp³-hybridized carbons (Fsp3) is 0.280. The average molecular weight is 519 g/mol. The number of benzene rings is 2. The summed E-state index contributed by atoms with van der Waals surface area (Å²) in [6.07, 6.45) is -2.86. The predicted molar refractivity (Wildman–Crippen MR) is 126 cm³/mol. The lowest BCUT2D eigenvalue weighted by molar-refractivity contribution is -0.170. The molecule has 1 aliphatic heterocycles. The van der Waals surface area contributed by atoms with Gasteiger partial charge in [-0.1, -0.05) is 72.2 Å². The van der Waals surface area contributed by atoms with E-state index in [9.17, 15) is 22.8 Å². The van der Waals surface area contributed by atoms with Crippen LogP contribution in [-0.4, -0.2) is 23.9 Å². The number of hydrogen-bond donors (Lipinski definition) is 1. The first kappa shape index (κ1) is 23.3. The van der Waals surface area contributed by atoms with E-state index in [1.54, 1.807) is 48.5 Å². The number of alkyl halides is 3. The molecule has 0 aromatic heterocycles. The molecule has 2 aromatic carbocycles. The summed E-state index contributed by atoms with van der Waals surface area (Å²) < 4.78 is 41.7. The van der Waals surface area contributed by atoms with Crippen LogP contribution in [-0.2, 0) is 9.59 Å². The van der Waals surface area contributed by atoms with Gasteiger partial charge in [-0.15, -0.1) is 0 Å². The molecule has 4 nitrogen and oxygen atoms in total. The lowest BCUT2D eigenvalue weighted by Gasteiger charge is -2.37. The summed E-state index contributed by atoms with van der Waals surface area (Å²) in [6, 6.07) is 14.0. The molecule has 0 spiro atoms. The number of ketones is 1. The van der Waals surface area contributed by atoms with Gasteiger partial charge >= 0.3 is 12.1 Å². The van der Waals surface area contributed by atoms with Gasteiger partial charge in [-0.05, 0) is 35.6 Å². The smallest absolute Gasteiger partial charge is 0.357 e.